The van der Waals surface area contributed by atoms with Crippen LogP contribution in [0.15, 0.2) is 48.5 Å². The lowest BCUT2D eigenvalue weighted by Crippen LogP contribution is -2.45. The minimum absolute atomic E-state index is 0.00419. The zero-order chi connectivity index (χ0) is 28.8. The van der Waals surface area contributed by atoms with Crippen molar-refractivity contribution >= 4 is 46.3 Å². The van der Waals surface area contributed by atoms with Crippen molar-refractivity contribution in [3.63, 3.8) is 0 Å². The number of hydrogen-bond donors (Lipinski definition) is 3. The average Bonchev–Trinajstić information content (AvgIpc) is 3.60. The zero-order valence-corrected chi connectivity index (χ0v) is 23.6. The Bertz CT molecular complexity index is 1340. The van der Waals surface area contributed by atoms with Crippen LogP contribution in [0.25, 0.3) is 0 Å². The van der Waals surface area contributed by atoms with Crippen molar-refractivity contribution in [2.75, 3.05) is 49.4 Å². The molecule has 1 aromatic heterocycles. The first-order valence-corrected chi connectivity index (χ1v) is 13.8. The first kappa shape index (κ1) is 28.8. The lowest BCUT2D eigenvalue weighted by molar-refractivity contribution is -0.123. The lowest BCUT2D eigenvalue weighted by Gasteiger charge is -2.32. The Kier molecular flexibility index (Phi) is 9.22. The molecule has 11 nitrogen and oxygen atoms in total. The van der Waals surface area contributed by atoms with Crippen molar-refractivity contribution in [1.82, 2.24) is 9.69 Å². The number of hydrogen-bond acceptors (Lipinski definition) is 9. The minimum Gasteiger partial charge on any atom is -0.494 e. The van der Waals surface area contributed by atoms with E-state index in [1.165, 1.54) is 4.90 Å². The topological polar surface area (TPSA) is 153 Å². The SMILES string of the molecule is CCOc1ccc(N(C(=O)c2snc(C(N)=O)c2N)[C@@H](C(=O)NC[C@H]2CCCO2)c2ccc(N(C)C)cc2)cc1. The van der Waals surface area contributed by atoms with Crippen LogP contribution in [-0.4, -0.2) is 62.1 Å². The summed E-state index contributed by atoms with van der Waals surface area (Å²) in [7, 11) is 3.83. The third-order valence-corrected chi connectivity index (χ3v) is 7.41. The van der Waals surface area contributed by atoms with Gasteiger partial charge in [0, 0.05) is 38.6 Å². The van der Waals surface area contributed by atoms with Crippen LogP contribution >= 0.6 is 11.5 Å². The molecular formula is C28H34N6O5S. The van der Waals surface area contributed by atoms with Gasteiger partial charge in [-0.1, -0.05) is 12.1 Å². The number of amides is 3. The molecule has 0 unspecified atom stereocenters. The molecule has 1 fully saturated rings. The Balaban J connectivity index is 1.81. The molecule has 2 aromatic carbocycles. The van der Waals surface area contributed by atoms with Gasteiger partial charge in [0.05, 0.1) is 18.4 Å². The first-order valence-electron chi connectivity index (χ1n) is 13.0. The molecule has 2 atom stereocenters. The maximum atomic E-state index is 14.2. The van der Waals surface area contributed by atoms with Gasteiger partial charge in [-0.2, -0.15) is 4.37 Å². The van der Waals surface area contributed by atoms with Gasteiger partial charge in [0.15, 0.2) is 5.69 Å². The third-order valence-electron chi connectivity index (χ3n) is 6.56. The number of benzene rings is 2. The van der Waals surface area contributed by atoms with Crippen LogP contribution in [0.4, 0.5) is 17.1 Å². The van der Waals surface area contributed by atoms with Gasteiger partial charge in [0.1, 0.15) is 16.7 Å². The van der Waals surface area contributed by atoms with Crippen molar-refractivity contribution in [3.8, 4) is 5.75 Å². The van der Waals surface area contributed by atoms with Crippen LogP contribution in [0.1, 0.15) is 51.5 Å². The molecule has 0 bridgehead atoms. The van der Waals surface area contributed by atoms with Crippen LogP contribution in [0, 0.1) is 0 Å². The standard InChI is InChI=1S/C28H34N6O5S/c1-4-38-20-13-11-19(12-14-20)34(28(37)25-22(29)23(26(30)35)32-40-25)24(17-7-9-18(10-8-17)33(2)3)27(36)31-16-21-6-5-15-39-21/h7-14,21,24H,4-6,15-16,29H2,1-3H3,(H2,30,35)(H,31,36)/t21-,24-/m1/s1. The number of rotatable bonds is 11. The van der Waals surface area contributed by atoms with Crippen molar-refractivity contribution in [1.29, 1.82) is 0 Å². The van der Waals surface area contributed by atoms with Gasteiger partial charge in [0.2, 0.25) is 5.91 Å². The number of nitrogens with two attached hydrogens (primary N) is 2. The Hall–Kier alpha value is -4.16. The molecule has 0 spiro atoms. The first-order chi connectivity index (χ1) is 19.2. The van der Waals surface area contributed by atoms with Crippen LogP contribution in [0.3, 0.4) is 0 Å². The highest BCUT2D eigenvalue weighted by atomic mass is 32.1. The molecule has 0 aliphatic carbocycles. The number of primary amides is 1. The molecule has 212 valence electrons. The summed E-state index contributed by atoms with van der Waals surface area (Å²) in [6.07, 6.45) is 1.68. The molecular weight excluding hydrogens is 532 g/mol. The van der Waals surface area contributed by atoms with E-state index in [-0.39, 0.29) is 22.4 Å². The number of anilines is 3. The third kappa shape index (κ3) is 6.35. The van der Waals surface area contributed by atoms with Crippen molar-refractivity contribution < 1.29 is 23.9 Å². The quantitative estimate of drug-likeness (QED) is 0.320. The summed E-state index contributed by atoms with van der Waals surface area (Å²) >= 11 is 0.761. The van der Waals surface area contributed by atoms with Crippen molar-refractivity contribution in [2.24, 2.45) is 5.73 Å². The fourth-order valence-corrected chi connectivity index (χ4v) is 5.22. The Labute approximate surface area is 237 Å². The molecule has 3 amide bonds. The summed E-state index contributed by atoms with van der Waals surface area (Å²) in [5.41, 5.74) is 13.2. The molecule has 5 N–H and O–H groups in total. The Morgan fingerprint density at radius 3 is 2.35 bits per heavy atom. The molecule has 0 saturated carbocycles. The van der Waals surface area contributed by atoms with Gasteiger partial charge in [-0.15, -0.1) is 0 Å². The summed E-state index contributed by atoms with van der Waals surface area (Å²) in [6, 6.07) is 13.1. The zero-order valence-electron chi connectivity index (χ0n) is 22.8. The lowest BCUT2D eigenvalue weighted by atomic mass is 10.0. The van der Waals surface area contributed by atoms with E-state index in [9.17, 15) is 14.4 Å². The van der Waals surface area contributed by atoms with Gasteiger partial charge in [-0.25, -0.2) is 0 Å². The molecule has 1 aliphatic rings. The molecule has 3 aromatic rings. The summed E-state index contributed by atoms with van der Waals surface area (Å²) < 4.78 is 15.3. The smallest absolute Gasteiger partial charge is 0.273 e. The van der Waals surface area contributed by atoms with E-state index >= 15 is 0 Å². The highest BCUT2D eigenvalue weighted by Gasteiger charge is 2.36. The van der Waals surface area contributed by atoms with Gasteiger partial charge >= 0.3 is 0 Å². The van der Waals surface area contributed by atoms with Crippen molar-refractivity contribution in [2.45, 2.75) is 31.9 Å². The summed E-state index contributed by atoms with van der Waals surface area (Å²) in [5.74, 6) is -1.22. The highest BCUT2D eigenvalue weighted by Crippen LogP contribution is 2.34. The van der Waals surface area contributed by atoms with E-state index in [1.54, 1.807) is 24.3 Å². The van der Waals surface area contributed by atoms with E-state index in [2.05, 4.69) is 9.69 Å². The van der Waals surface area contributed by atoms with Crippen LogP contribution in [0.5, 0.6) is 5.75 Å². The van der Waals surface area contributed by atoms with Gasteiger partial charge in [-0.05, 0) is 73.3 Å². The maximum Gasteiger partial charge on any atom is 0.273 e. The number of carbonyl (C=O) groups excluding carboxylic acids is 3. The number of nitrogen functional groups attached to an aromatic ring is 1. The van der Waals surface area contributed by atoms with E-state index in [1.807, 2.05) is 50.2 Å². The minimum atomic E-state index is -1.08. The van der Waals surface area contributed by atoms with E-state index < -0.39 is 23.8 Å². The van der Waals surface area contributed by atoms with Gasteiger partial charge in [-0.3, -0.25) is 19.3 Å². The molecule has 1 aliphatic heterocycles. The van der Waals surface area contributed by atoms with E-state index in [0.717, 1.165) is 30.1 Å². The van der Waals surface area contributed by atoms with Crippen LogP contribution in [0.2, 0.25) is 0 Å². The molecule has 12 heteroatoms. The Morgan fingerprint density at radius 1 is 1.12 bits per heavy atom. The summed E-state index contributed by atoms with van der Waals surface area (Å²) in [6.45, 7) is 3.31. The number of nitrogens with zero attached hydrogens (tertiary/aromatic N) is 3. The maximum absolute atomic E-state index is 14.2. The molecule has 4 rings (SSSR count). The summed E-state index contributed by atoms with van der Waals surface area (Å²) in [5, 5.41) is 2.98. The number of carbonyl (C=O) groups is 3. The average molecular weight is 567 g/mol. The van der Waals surface area contributed by atoms with Gasteiger partial charge < -0.3 is 31.2 Å². The van der Waals surface area contributed by atoms with Gasteiger partial charge in [0.25, 0.3) is 11.8 Å². The fourth-order valence-electron chi connectivity index (χ4n) is 4.48. The van der Waals surface area contributed by atoms with Crippen LogP contribution in [-0.2, 0) is 9.53 Å². The summed E-state index contributed by atoms with van der Waals surface area (Å²) in [4.78, 5) is 43.2. The molecule has 1 saturated heterocycles. The number of aromatic nitrogens is 1. The van der Waals surface area contributed by atoms with E-state index in [4.69, 9.17) is 20.9 Å². The predicted octanol–water partition coefficient (Wildman–Crippen LogP) is 2.97. The number of nitrogens with one attached hydrogen (secondary N) is 1. The Morgan fingerprint density at radius 2 is 1.80 bits per heavy atom. The predicted molar refractivity (Wildman–Crippen MR) is 155 cm³/mol. The highest BCUT2D eigenvalue weighted by molar-refractivity contribution is 7.09. The van der Waals surface area contributed by atoms with E-state index in [0.29, 0.717) is 36.8 Å². The second-order valence-electron chi connectivity index (χ2n) is 9.51. The number of ether oxygens (including phenoxy) is 2. The van der Waals surface area contributed by atoms with Crippen LogP contribution < -0.4 is 31.3 Å². The monoisotopic (exact) mass is 566 g/mol. The fraction of sp³-hybridized carbons (Fsp3) is 0.357. The second kappa shape index (κ2) is 12.8. The normalized spacial score (nSPS) is 15.3. The molecule has 0 radical (unpaired) electrons. The second-order valence-corrected chi connectivity index (χ2v) is 10.3. The largest absolute Gasteiger partial charge is 0.494 e. The van der Waals surface area contributed by atoms with Crippen molar-refractivity contribution in [3.05, 3.63) is 64.7 Å². The molecule has 40 heavy (non-hydrogen) atoms. The molecule has 2 heterocycles.